The summed E-state index contributed by atoms with van der Waals surface area (Å²) in [5.74, 6) is -1.09. The van der Waals surface area contributed by atoms with Gasteiger partial charge >= 0.3 is 0 Å². The molecule has 0 saturated carbocycles. The number of benzene rings is 1. The number of carbonyl (C=O) groups is 4. The van der Waals surface area contributed by atoms with Gasteiger partial charge in [-0.3, -0.25) is 29.1 Å². The minimum absolute atomic E-state index is 0.0419. The van der Waals surface area contributed by atoms with E-state index in [4.69, 9.17) is 0 Å². The van der Waals surface area contributed by atoms with E-state index in [9.17, 15) is 19.2 Å². The Bertz CT molecular complexity index is 951. The first kappa shape index (κ1) is 19.7. The van der Waals surface area contributed by atoms with Crippen molar-refractivity contribution in [3.05, 3.63) is 59.7 Å². The molecular formula is C21H21N5O4. The summed E-state index contributed by atoms with van der Waals surface area (Å²) < 4.78 is 0. The van der Waals surface area contributed by atoms with E-state index in [1.54, 1.807) is 29.2 Å². The van der Waals surface area contributed by atoms with E-state index in [-0.39, 0.29) is 48.3 Å². The van der Waals surface area contributed by atoms with Crippen LogP contribution in [0.5, 0.6) is 0 Å². The van der Waals surface area contributed by atoms with Gasteiger partial charge in [-0.2, -0.15) is 0 Å². The maximum atomic E-state index is 12.6. The molecule has 1 fully saturated rings. The summed E-state index contributed by atoms with van der Waals surface area (Å²) >= 11 is 0. The molecule has 9 nitrogen and oxygen atoms in total. The lowest BCUT2D eigenvalue weighted by Gasteiger charge is -2.32. The summed E-state index contributed by atoms with van der Waals surface area (Å²) in [7, 11) is 0. The monoisotopic (exact) mass is 407 g/mol. The third-order valence-corrected chi connectivity index (χ3v) is 5.41. The normalized spacial score (nSPS) is 16.5. The number of aromatic nitrogens is 2. The van der Waals surface area contributed by atoms with E-state index in [2.05, 4.69) is 15.3 Å². The third kappa shape index (κ3) is 3.91. The molecule has 3 heterocycles. The van der Waals surface area contributed by atoms with Crippen molar-refractivity contribution in [2.75, 3.05) is 19.6 Å². The Labute approximate surface area is 173 Å². The van der Waals surface area contributed by atoms with Crippen LogP contribution >= 0.6 is 0 Å². The zero-order valence-corrected chi connectivity index (χ0v) is 16.3. The fourth-order valence-electron chi connectivity index (χ4n) is 3.76. The van der Waals surface area contributed by atoms with Gasteiger partial charge in [0.2, 0.25) is 5.91 Å². The second-order valence-electron chi connectivity index (χ2n) is 7.28. The first-order valence-corrected chi connectivity index (χ1v) is 9.84. The topological polar surface area (TPSA) is 113 Å². The van der Waals surface area contributed by atoms with Crippen molar-refractivity contribution in [2.24, 2.45) is 0 Å². The van der Waals surface area contributed by atoms with Crippen LogP contribution in [0, 0.1) is 0 Å². The number of piperidine rings is 1. The Morgan fingerprint density at radius 1 is 1.03 bits per heavy atom. The van der Waals surface area contributed by atoms with Gasteiger partial charge in [0.05, 0.1) is 17.3 Å². The number of carbonyl (C=O) groups excluding carboxylic acids is 4. The number of hydrogen-bond donors (Lipinski definition) is 1. The molecule has 1 aromatic heterocycles. The standard InChI is InChI=1S/C21H21N5O4/c27-18(7-12-26-20(29)15-3-1-2-4-16(15)21(26)30)25-10-5-14(6-11-25)24-19(28)17-13-22-8-9-23-17/h1-4,8-9,13-14H,5-7,10-12H2,(H,24,28). The summed E-state index contributed by atoms with van der Waals surface area (Å²) in [5.41, 5.74) is 1.03. The number of amides is 4. The summed E-state index contributed by atoms with van der Waals surface area (Å²) in [6.45, 7) is 1.08. The molecule has 0 aliphatic carbocycles. The van der Waals surface area contributed by atoms with Crippen molar-refractivity contribution >= 4 is 23.6 Å². The van der Waals surface area contributed by atoms with Crippen LogP contribution in [0.25, 0.3) is 0 Å². The second-order valence-corrected chi connectivity index (χ2v) is 7.28. The van der Waals surface area contributed by atoms with Crippen LogP contribution in [0.15, 0.2) is 42.9 Å². The highest BCUT2D eigenvalue weighted by molar-refractivity contribution is 6.21. The molecule has 2 aliphatic rings. The van der Waals surface area contributed by atoms with Gasteiger partial charge in [0, 0.05) is 44.5 Å². The average Bonchev–Trinajstić information content (AvgIpc) is 3.03. The van der Waals surface area contributed by atoms with Crippen molar-refractivity contribution < 1.29 is 19.2 Å². The highest BCUT2D eigenvalue weighted by Gasteiger charge is 2.35. The lowest BCUT2D eigenvalue weighted by molar-refractivity contribution is -0.132. The molecule has 2 aliphatic heterocycles. The zero-order chi connectivity index (χ0) is 21.1. The van der Waals surface area contributed by atoms with Gasteiger partial charge in [0.15, 0.2) is 0 Å². The zero-order valence-electron chi connectivity index (χ0n) is 16.3. The highest BCUT2D eigenvalue weighted by Crippen LogP contribution is 2.22. The van der Waals surface area contributed by atoms with Crippen molar-refractivity contribution in [2.45, 2.75) is 25.3 Å². The molecular weight excluding hydrogens is 386 g/mol. The van der Waals surface area contributed by atoms with E-state index in [1.807, 2.05) is 0 Å². The molecule has 154 valence electrons. The van der Waals surface area contributed by atoms with Crippen LogP contribution in [0.3, 0.4) is 0 Å². The molecule has 4 amide bonds. The van der Waals surface area contributed by atoms with E-state index in [0.717, 1.165) is 4.90 Å². The average molecular weight is 407 g/mol. The van der Waals surface area contributed by atoms with Crippen molar-refractivity contribution in [1.29, 1.82) is 0 Å². The van der Waals surface area contributed by atoms with Crippen LogP contribution in [-0.2, 0) is 4.79 Å². The molecule has 30 heavy (non-hydrogen) atoms. The van der Waals surface area contributed by atoms with Gasteiger partial charge < -0.3 is 10.2 Å². The smallest absolute Gasteiger partial charge is 0.271 e. The van der Waals surface area contributed by atoms with Gasteiger partial charge in [-0.25, -0.2) is 4.98 Å². The quantitative estimate of drug-likeness (QED) is 0.737. The minimum atomic E-state index is -0.353. The SMILES string of the molecule is O=C(NC1CCN(C(=O)CCN2C(=O)c3ccccc3C2=O)CC1)c1cnccn1. The Balaban J connectivity index is 1.25. The van der Waals surface area contributed by atoms with E-state index in [0.29, 0.717) is 37.1 Å². The Hall–Kier alpha value is -3.62. The van der Waals surface area contributed by atoms with Crippen LogP contribution < -0.4 is 5.32 Å². The first-order chi connectivity index (χ1) is 14.5. The number of nitrogens with one attached hydrogen (secondary N) is 1. The molecule has 1 aromatic carbocycles. The Morgan fingerprint density at radius 2 is 1.70 bits per heavy atom. The molecule has 0 spiro atoms. The molecule has 2 aromatic rings. The lowest BCUT2D eigenvalue weighted by atomic mass is 10.0. The first-order valence-electron chi connectivity index (χ1n) is 9.84. The Kier molecular flexibility index (Phi) is 5.51. The van der Waals surface area contributed by atoms with Crippen LogP contribution in [-0.4, -0.2) is 69.1 Å². The maximum absolute atomic E-state index is 12.6. The molecule has 0 bridgehead atoms. The van der Waals surface area contributed by atoms with Gasteiger partial charge in [-0.05, 0) is 25.0 Å². The molecule has 4 rings (SSSR count). The van der Waals surface area contributed by atoms with E-state index >= 15 is 0 Å². The van der Waals surface area contributed by atoms with Crippen LogP contribution in [0.1, 0.15) is 50.5 Å². The van der Waals surface area contributed by atoms with E-state index < -0.39 is 0 Å². The maximum Gasteiger partial charge on any atom is 0.271 e. The van der Waals surface area contributed by atoms with Crippen molar-refractivity contribution in [3.8, 4) is 0 Å². The van der Waals surface area contributed by atoms with Gasteiger partial charge in [-0.15, -0.1) is 0 Å². The number of imide groups is 1. The van der Waals surface area contributed by atoms with Gasteiger partial charge in [0.1, 0.15) is 5.69 Å². The fraction of sp³-hybridized carbons (Fsp3) is 0.333. The number of rotatable bonds is 5. The summed E-state index contributed by atoms with van der Waals surface area (Å²) in [5, 5.41) is 2.92. The molecule has 0 atom stereocenters. The summed E-state index contributed by atoms with van der Waals surface area (Å²) in [6.07, 6.45) is 5.72. The van der Waals surface area contributed by atoms with Gasteiger partial charge in [-0.1, -0.05) is 12.1 Å². The fourth-order valence-corrected chi connectivity index (χ4v) is 3.76. The molecule has 1 N–H and O–H groups in total. The predicted octanol–water partition coefficient (Wildman–Crippen LogP) is 0.884. The van der Waals surface area contributed by atoms with Crippen molar-refractivity contribution in [1.82, 2.24) is 25.1 Å². The van der Waals surface area contributed by atoms with Crippen LogP contribution in [0.4, 0.5) is 0 Å². The van der Waals surface area contributed by atoms with Gasteiger partial charge in [0.25, 0.3) is 17.7 Å². The Morgan fingerprint density at radius 3 is 2.30 bits per heavy atom. The van der Waals surface area contributed by atoms with Crippen molar-refractivity contribution in [3.63, 3.8) is 0 Å². The molecule has 0 radical (unpaired) electrons. The number of hydrogen-bond acceptors (Lipinski definition) is 6. The molecule has 9 heteroatoms. The third-order valence-electron chi connectivity index (χ3n) is 5.41. The highest BCUT2D eigenvalue weighted by atomic mass is 16.2. The molecule has 1 saturated heterocycles. The summed E-state index contributed by atoms with van der Waals surface area (Å²) in [4.78, 5) is 60.2. The molecule has 0 unspecified atom stereocenters. The number of likely N-dealkylation sites (tertiary alicyclic amines) is 1. The summed E-state index contributed by atoms with van der Waals surface area (Å²) in [6, 6.07) is 6.63. The number of fused-ring (bicyclic) bond motifs is 1. The number of nitrogens with zero attached hydrogens (tertiary/aromatic N) is 4. The van der Waals surface area contributed by atoms with Crippen LogP contribution in [0.2, 0.25) is 0 Å². The lowest BCUT2D eigenvalue weighted by Crippen LogP contribution is -2.47. The largest absolute Gasteiger partial charge is 0.348 e. The predicted molar refractivity (Wildman–Crippen MR) is 106 cm³/mol. The van der Waals surface area contributed by atoms with E-state index in [1.165, 1.54) is 18.6 Å². The minimum Gasteiger partial charge on any atom is -0.348 e. The second kappa shape index (κ2) is 8.40.